The molecular formula is C10H11N3O3. The molecule has 0 spiro atoms. The Balaban J connectivity index is 2.46. The molecule has 0 bridgehead atoms. The van der Waals surface area contributed by atoms with Crippen molar-refractivity contribution in [1.29, 1.82) is 5.26 Å². The summed E-state index contributed by atoms with van der Waals surface area (Å²) >= 11 is 0. The van der Waals surface area contributed by atoms with Gasteiger partial charge in [-0.05, 0) is 0 Å². The maximum atomic E-state index is 11.2. The van der Waals surface area contributed by atoms with Crippen molar-refractivity contribution in [3.05, 3.63) is 22.0 Å². The molecule has 0 radical (unpaired) electrons. The second kappa shape index (κ2) is 4.24. The molecule has 1 aliphatic heterocycles. The number of pyridine rings is 1. The molecule has 0 aromatic carbocycles. The number of aromatic nitrogens is 1. The number of anilines is 1. The highest BCUT2D eigenvalue weighted by atomic mass is 16.5. The highest BCUT2D eigenvalue weighted by Gasteiger charge is 2.18. The number of aromatic amines is 1. The highest BCUT2D eigenvalue weighted by Crippen LogP contribution is 2.23. The Morgan fingerprint density at radius 2 is 2.19 bits per heavy atom. The third kappa shape index (κ3) is 1.85. The molecule has 0 unspecified atom stereocenters. The molecule has 0 saturated carbocycles. The molecule has 1 aliphatic rings. The van der Waals surface area contributed by atoms with E-state index in [9.17, 15) is 9.90 Å². The molecule has 0 amide bonds. The lowest BCUT2D eigenvalue weighted by molar-refractivity contribution is 0.122. The van der Waals surface area contributed by atoms with Gasteiger partial charge in [0.25, 0.3) is 5.56 Å². The Morgan fingerprint density at radius 1 is 1.50 bits per heavy atom. The van der Waals surface area contributed by atoms with Crippen molar-refractivity contribution in [2.24, 2.45) is 0 Å². The quantitative estimate of drug-likeness (QED) is 0.684. The number of hydrogen-bond acceptors (Lipinski definition) is 5. The molecule has 6 heteroatoms. The summed E-state index contributed by atoms with van der Waals surface area (Å²) in [5.41, 5.74) is -0.320. The highest BCUT2D eigenvalue weighted by molar-refractivity contribution is 5.60. The van der Waals surface area contributed by atoms with Crippen molar-refractivity contribution < 1.29 is 9.84 Å². The van der Waals surface area contributed by atoms with Crippen LogP contribution >= 0.6 is 0 Å². The van der Waals surface area contributed by atoms with Crippen molar-refractivity contribution in [3.63, 3.8) is 0 Å². The van der Waals surface area contributed by atoms with Crippen molar-refractivity contribution in [3.8, 4) is 11.8 Å². The number of aromatic hydroxyl groups is 1. The fourth-order valence-electron chi connectivity index (χ4n) is 1.67. The number of H-pyrrole nitrogens is 1. The molecule has 2 N–H and O–H groups in total. The van der Waals surface area contributed by atoms with Crippen molar-refractivity contribution in [2.75, 3.05) is 31.2 Å². The SMILES string of the molecule is N#Cc1c(O)cc(=O)[nH]c1N1CCOCC1. The summed E-state index contributed by atoms with van der Waals surface area (Å²) in [7, 11) is 0. The minimum Gasteiger partial charge on any atom is -0.506 e. The lowest BCUT2D eigenvalue weighted by Gasteiger charge is -2.28. The molecule has 1 fully saturated rings. The molecule has 1 saturated heterocycles. The van der Waals surface area contributed by atoms with Gasteiger partial charge in [-0.3, -0.25) is 4.79 Å². The standard InChI is InChI=1S/C10H11N3O3/c11-6-7-8(14)5-9(15)12-10(7)13-1-3-16-4-2-13/h5H,1-4H2,(H2,12,14,15). The monoisotopic (exact) mass is 221 g/mol. The molecule has 1 aromatic rings. The number of nitrogens with zero attached hydrogens (tertiary/aromatic N) is 2. The summed E-state index contributed by atoms with van der Waals surface area (Å²) in [4.78, 5) is 15.6. The fourth-order valence-corrected chi connectivity index (χ4v) is 1.67. The van der Waals surface area contributed by atoms with E-state index in [0.717, 1.165) is 6.07 Å². The van der Waals surface area contributed by atoms with Crippen LogP contribution in [0.3, 0.4) is 0 Å². The first kappa shape index (κ1) is 10.5. The van der Waals surface area contributed by atoms with Crippen LogP contribution < -0.4 is 10.5 Å². The van der Waals surface area contributed by atoms with Gasteiger partial charge in [-0.25, -0.2) is 0 Å². The number of morpholine rings is 1. The van der Waals surface area contributed by atoms with Gasteiger partial charge in [-0.2, -0.15) is 5.26 Å². The topological polar surface area (TPSA) is 89.3 Å². The Hall–Kier alpha value is -2.00. The molecule has 0 aliphatic carbocycles. The minimum absolute atomic E-state index is 0.0986. The van der Waals surface area contributed by atoms with Crippen LogP contribution in [0.4, 0.5) is 5.82 Å². The lowest BCUT2D eigenvalue weighted by atomic mass is 10.2. The van der Waals surface area contributed by atoms with E-state index in [1.54, 1.807) is 0 Å². The Morgan fingerprint density at radius 3 is 2.81 bits per heavy atom. The maximum Gasteiger partial charge on any atom is 0.253 e. The normalized spacial score (nSPS) is 15.8. The van der Waals surface area contributed by atoms with Crippen LogP contribution in [0.1, 0.15) is 5.56 Å². The predicted octanol–water partition coefficient (Wildman–Crippen LogP) is -0.211. The first-order chi connectivity index (χ1) is 7.72. The molecule has 6 nitrogen and oxygen atoms in total. The van der Waals surface area contributed by atoms with Gasteiger partial charge in [0.2, 0.25) is 0 Å². The van der Waals surface area contributed by atoms with Crippen LogP contribution in [0.15, 0.2) is 10.9 Å². The largest absolute Gasteiger partial charge is 0.506 e. The molecular weight excluding hydrogens is 210 g/mol. The second-order valence-corrected chi connectivity index (χ2v) is 3.45. The number of nitriles is 1. The average Bonchev–Trinajstić information content (AvgIpc) is 2.29. The first-order valence-electron chi connectivity index (χ1n) is 4.91. The third-order valence-electron chi connectivity index (χ3n) is 2.44. The van der Waals surface area contributed by atoms with Crippen LogP contribution in [0, 0.1) is 11.3 Å². The summed E-state index contributed by atoms with van der Waals surface area (Å²) in [6, 6.07) is 2.89. The molecule has 16 heavy (non-hydrogen) atoms. The Kier molecular flexibility index (Phi) is 2.79. The average molecular weight is 221 g/mol. The number of rotatable bonds is 1. The third-order valence-corrected chi connectivity index (χ3v) is 2.44. The van der Waals surface area contributed by atoms with E-state index < -0.39 is 5.56 Å². The van der Waals surface area contributed by atoms with Crippen LogP contribution in [0.2, 0.25) is 0 Å². The van der Waals surface area contributed by atoms with E-state index in [4.69, 9.17) is 10.00 Å². The summed E-state index contributed by atoms with van der Waals surface area (Å²) in [5.74, 6) is 0.0866. The van der Waals surface area contributed by atoms with E-state index in [2.05, 4.69) is 4.98 Å². The molecule has 2 rings (SSSR count). The zero-order valence-corrected chi connectivity index (χ0v) is 8.56. The van der Waals surface area contributed by atoms with E-state index in [0.29, 0.717) is 32.1 Å². The van der Waals surface area contributed by atoms with Gasteiger partial charge in [0.1, 0.15) is 23.2 Å². The summed E-state index contributed by atoms with van der Waals surface area (Å²) in [5, 5.41) is 18.4. The minimum atomic E-state index is -0.419. The summed E-state index contributed by atoms with van der Waals surface area (Å²) < 4.78 is 5.18. The number of ether oxygens (including phenoxy) is 1. The Labute approximate surface area is 91.7 Å². The van der Waals surface area contributed by atoms with Crippen molar-refractivity contribution in [2.45, 2.75) is 0 Å². The van der Waals surface area contributed by atoms with Crippen LogP contribution in [-0.4, -0.2) is 36.4 Å². The van der Waals surface area contributed by atoms with Crippen LogP contribution in [0.5, 0.6) is 5.75 Å². The lowest BCUT2D eigenvalue weighted by Crippen LogP contribution is -2.38. The van der Waals surface area contributed by atoms with Gasteiger partial charge in [-0.1, -0.05) is 0 Å². The van der Waals surface area contributed by atoms with Gasteiger partial charge in [-0.15, -0.1) is 0 Å². The van der Waals surface area contributed by atoms with Crippen LogP contribution in [-0.2, 0) is 4.74 Å². The van der Waals surface area contributed by atoms with Crippen molar-refractivity contribution >= 4 is 5.82 Å². The molecule has 84 valence electrons. The first-order valence-corrected chi connectivity index (χ1v) is 4.91. The second-order valence-electron chi connectivity index (χ2n) is 3.45. The Bertz CT molecular complexity index is 483. The van der Waals surface area contributed by atoms with Gasteiger partial charge in [0, 0.05) is 19.2 Å². The predicted molar refractivity (Wildman–Crippen MR) is 56.5 cm³/mol. The van der Waals surface area contributed by atoms with E-state index >= 15 is 0 Å². The summed E-state index contributed by atoms with van der Waals surface area (Å²) in [6.45, 7) is 2.27. The summed E-state index contributed by atoms with van der Waals surface area (Å²) in [6.07, 6.45) is 0. The van der Waals surface area contributed by atoms with Gasteiger partial charge >= 0.3 is 0 Å². The van der Waals surface area contributed by atoms with E-state index in [-0.39, 0.29) is 11.3 Å². The molecule has 0 atom stereocenters. The number of hydrogen-bond donors (Lipinski definition) is 2. The number of nitrogens with one attached hydrogen (secondary N) is 1. The zero-order valence-electron chi connectivity index (χ0n) is 8.56. The smallest absolute Gasteiger partial charge is 0.253 e. The van der Waals surface area contributed by atoms with Gasteiger partial charge < -0.3 is 19.7 Å². The molecule has 2 heterocycles. The fraction of sp³-hybridized carbons (Fsp3) is 0.400. The van der Waals surface area contributed by atoms with Gasteiger partial charge in [0.05, 0.1) is 13.2 Å². The van der Waals surface area contributed by atoms with Gasteiger partial charge in [0.15, 0.2) is 0 Å². The maximum absolute atomic E-state index is 11.2. The molecule has 1 aromatic heterocycles. The van der Waals surface area contributed by atoms with Crippen LogP contribution in [0.25, 0.3) is 0 Å². The van der Waals surface area contributed by atoms with Crippen molar-refractivity contribution in [1.82, 2.24) is 4.98 Å². The zero-order chi connectivity index (χ0) is 11.5. The van der Waals surface area contributed by atoms with E-state index in [1.165, 1.54) is 0 Å². The van der Waals surface area contributed by atoms with E-state index in [1.807, 2.05) is 11.0 Å².